The molecule has 98 valence electrons. The van der Waals surface area contributed by atoms with Crippen LogP contribution in [-0.4, -0.2) is 14.9 Å². The van der Waals surface area contributed by atoms with E-state index in [1.54, 1.807) is 10.9 Å². The Labute approximate surface area is 111 Å². The van der Waals surface area contributed by atoms with Crippen LogP contribution in [0.25, 0.3) is 11.0 Å². The van der Waals surface area contributed by atoms with Gasteiger partial charge in [-0.05, 0) is 19.9 Å². The Hall–Kier alpha value is -2.07. The smallest absolute Gasteiger partial charge is 0.134 e. The summed E-state index contributed by atoms with van der Waals surface area (Å²) < 4.78 is 7.49. The summed E-state index contributed by atoms with van der Waals surface area (Å²) in [5.41, 5.74) is 2.42. The lowest BCUT2D eigenvalue weighted by atomic mass is 10.0. The highest BCUT2D eigenvalue weighted by molar-refractivity contribution is 5.83. The van der Waals surface area contributed by atoms with Gasteiger partial charge in [-0.2, -0.15) is 5.10 Å². The van der Waals surface area contributed by atoms with Crippen molar-refractivity contribution in [2.45, 2.75) is 26.5 Å². The summed E-state index contributed by atoms with van der Waals surface area (Å²) in [5.74, 6) is 0.748. The predicted octanol–water partition coefficient (Wildman–Crippen LogP) is 3.04. The zero-order valence-corrected chi connectivity index (χ0v) is 11.0. The molecule has 0 saturated carbocycles. The molecule has 0 aliphatic heterocycles. The monoisotopic (exact) mass is 256 g/mol. The maximum Gasteiger partial charge on any atom is 0.134 e. The van der Waals surface area contributed by atoms with Gasteiger partial charge in [-0.1, -0.05) is 18.2 Å². The molecule has 2 aromatic heterocycles. The van der Waals surface area contributed by atoms with Gasteiger partial charge in [0.25, 0.3) is 0 Å². The molecule has 2 heterocycles. The molecule has 0 fully saturated rings. The number of hydrogen-bond donors (Lipinski definition) is 1. The van der Waals surface area contributed by atoms with E-state index in [1.165, 1.54) is 0 Å². The van der Waals surface area contributed by atoms with E-state index >= 15 is 0 Å². The summed E-state index contributed by atoms with van der Waals surface area (Å²) in [5, 5.41) is 15.7. The van der Waals surface area contributed by atoms with Crippen molar-refractivity contribution >= 4 is 11.0 Å². The molecule has 0 aliphatic carbocycles. The Balaban J connectivity index is 2.10. The minimum absolute atomic E-state index is 0.705. The summed E-state index contributed by atoms with van der Waals surface area (Å²) in [6.45, 7) is 4.68. The molecule has 3 aromatic rings. The summed E-state index contributed by atoms with van der Waals surface area (Å²) in [6, 6.07) is 7.75. The van der Waals surface area contributed by atoms with Gasteiger partial charge in [-0.3, -0.25) is 4.68 Å². The average molecular weight is 256 g/mol. The number of aliphatic hydroxyl groups excluding tert-OH is 1. The Kier molecular flexibility index (Phi) is 2.87. The van der Waals surface area contributed by atoms with Gasteiger partial charge in [0.2, 0.25) is 0 Å². The molecule has 0 radical (unpaired) electrons. The molecule has 0 bridgehead atoms. The summed E-state index contributed by atoms with van der Waals surface area (Å²) in [4.78, 5) is 0. The number of hydrogen-bond acceptors (Lipinski definition) is 3. The first-order valence-electron chi connectivity index (χ1n) is 6.39. The van der Waals surface area contributed by atoms with E-state index in [-0.39, 0.29) is 0 Å². The minimum atomic E-state index is -0.705. The van der Waals surface area contributed by atoms with E-state index in [1.807, 2.05) is 44.3 Å². The number of fused-ring (bicyclic) bond motifs is 1. The third kappa shape index (κ3) is 1.94. The molecule has 1 aromatic carbocycles. The molecule has 1 unspecified atom stereocenters. The van der Waals surface area contributed by atoms with Gasteiger partial charge in [-0.25, -0.2) is 0 Å². The summed E-state index contributed by atoms with van der Waals surface area (Å²) in [7, 11) is 0. The fourth-order valence-corrected chi connectivity index (χ4v) is 2.39. The average Bonchev–Trinajstić information content (AvgIpc) is 3.01. The quantitative estimate of drug-likeness (QED) is 0.783. The lowest BCUT2D eigenvalue weighted by Crippen LogP contribution is -1.99. The van der Waals surface area contributed by atoms with Gasteiger partial charge in [0.1, 0.15) is 17.4 Å². The first-order chi connectivity index (χ1) is 9.20. The second-order valence-corrected chi connectivity index (χ2v) is 4.60. The molecule has 0 saturated heterocycles. The minimum Gasteiger partial charge on any atom is -0.461 e. The molecule has 4 nitrogen and oxygen atoms in total. The van der Waals surface area contributed by atoms with Crippen LogP contribution in [0.2, 0.25) is 0 Å². The SMILES string of the molecule is CCn1cc(C(O)c2c(C)oc3ccccc23)cn1. The fourth-order valence-electron chi connectivity index (χ4n) is 2.39. The van der Waals surface area contributed by atoms with Crippen molar-refractivity contribution in [2.75, 3.05) is 0 Å². The maximum atomic E-state index is 10.6. The third-order valence-electron chi connectivity index (χ3n) is 3.39. The van der Waals surface area contributed by atoms with Gasteiger partial charge in [0.15, 0.2) is 0 Å². The highest BCUT2D eigenvalue weighted by Crippen LogP contribution is 2.33. The van der Waals surface area contributed by atoms with E-state index in [4.69, 9.17) is 4.42 Å². The third-order valence-corrected chi connectivity index (χ3v) is 3.39. The Morgan fingerprint density at radius 3 is 2.89 bits per heavy atom. The van der Waals surface area contributed by atoms with E-state index in [0.717, 1.165) is 34.4 Å². The van der Waals surface area contributed by atoms with E-state index in [9.17, 15) is 5.11 Å². The number of aromatic nitrogens is 2. The Morgan fingerprint density at radius 1 is 1.37 bits per heavy atom. The normalized spacial score (nSPS) is 13.0. The Morgan fingerprint density at radius 2 is 2.16 bits per heavy atom. The highest BCUT2D eigenvalue weighted by Gasteiger charge is 2.21. The second-order valence-electron chi connectivity index (χ2n) is 4.60. The standard InChI is InChI=1S/C15H16N2O2/c1-3-17-9-11(8-16-17)15(18)14-10(2)19-13-7-5-4-6-12(13)14/h4-9,15,18H,3H2,1-2H3. The van der Waals surface area contributed by atoms with Crippen LogP contribution in [-0.2, 0) is 6.54 Å². The van der Waals surface area contributed by atoms with E-state index in [0.29, 0.717) is 0 Å². The molecule has 0 aliphatic rings. The summed E-state index contributed by atoms with van der Waals surface area (Å²) in [6.07, 6.45) is 2.87. The predicted molar refractivity (Wildman–Crippen MR) is 72.9 cm³/mol. The van der Waals surface area contributed by atoms with Crippen LogP contribution >= 0.6 is 0 Å². The molecular formula is C15H16N2O2. The van der Waals surface area contributed by atoms with Crippen LogP contribution < -0.4 is 0 Å². The van der Waals surface area contributed by atoms with Crippen molar-refractivity contribution in [2.24, 2.45) is 0 Å². The molecule has 4 heteroatoms. The van der Waals surface area contributed by atoms with Crippen LogP contribution in [0, 0.1) is 6.92 Å². The highest BCUT2D eigenvalue weighted by atomic mass is 16.3. The number of rotatable bonds is 3. The maximum absolute atomic E-state index is 10.6. The first kappa shape index (κ1) is 12.0. The van der Waals surface area contributed by atoms with Crippen LogP contribution in [0.3, 0.4) is 0 Å². The molecule has 19 heavy (non-hydrogen) atoms. The molecule has 1 atom stereocenters. The van der Waals surface area contributed by atoms with Gasteiger partial charge < -0.3 is 9.52 Å². The topological polar surface area (TPSA) is 51.2 Å². The number of aryl methyl sites for hydroxylation is 2. The van der Waals surface area contributed by atoms with E-state index in [2.05, 4.69) is 5.10 Å². The van der Waals surface area contributed by atoms with Crippen molar-refractivity contribution < 1.29 is 9.52 Å². The number of para-hydroxylation sites is 1. The molecule has 3 rings (SSSR count). The molecule has 0 amide bonds. The Bertz CT molecular complexity index is 712. The van der Waals surface area contributed by atoms with Crippen LogP contribution in [0.1, 0.15) is 29.9 Å². The van der Waals surface area contributed by atoms with Gasteiger partial charge in [0, 0.05) is 29.3 Å². The van der Waals surface area contributed by atoms with Crippen molar-refractivity contribution in [3.05, 3.63) is 53.5 Å². The number of nitrogens with zero attached hydrogens (tertiary/aromatic N) is 2. The van der Waals surface area contributed by atoms with Crippen LogP contribution in [0.4, 0.5) is 0 Å². The van der Waals surface area contributed by atoms with Crippen LogP contribution in [0.15, 0.2) is 41.1 Å². The van der Waals surface area contributed by atoms with Crippen LogP contribution in [0.5, 0.6) is 0 Å². The largest absolute Gasteiger partial charge is 0.461 e. The van der Waals surface area contributed by atoms with E-state index < -0.39 is 6.10 Å². The summed E-state index contributed by atoms with van der Waals surface area (Å²) >= 11 is 0. The van der Waals surface area contributed by atoms with Gasteiger partial charge >= 0.3 is 0 Å². The number of furan rings is 1. The fraction of sp³-hybridized carbons (Fsp3) is 0.267. The molecule has 1 N–H and O–H groups in total. The molecular weight excluding hydrogens is 240 g/mol. The van der Waals surface area contributed by atoms with Crippen molar-refractivity contribution in [3.8, 4) is 0 Å². The number of benzene rings is 1. The van der Waals surface area contributed by atoms with Gasteiger partial charge in [0.05, 0.1) is 6.20 Å². The lowest BCUT2D eigenvalue weighted by Gasteiger charge is -2.07. The lowest BCUT2D eigenvalue weighted by molar-refractivity contribution is 0.219. The zero-order chi connectivity index (χ0) is 13.4. The zero-order valence-electron chi connectivity index (χ0n) is 11.0. The van der Waals surface area contributed by atoms with Crippen molar-refractivity contribution in [3.63, 3.8) is 0 Å². The number of aliphatic hydroxyl groups is 1. The van der Waals surface area contributed by atoms with Crippen molar-refractivity contribution in [1.29, 1.82) is 0 Å². The van der Waals surface area contributed by atoms with Crippen molar-refractivity contribution in [1.82, 2.24) is 9.78 Å². The second kappa shape index (κ2) is 4.55. The van der Waals surface area contributed by atoms with Gasteiger partial charge in [-0.15, -0.1) is 0 Å². The first-order valence-corrected chi connectivity index (χ1v) is 6.39. The molecule has 0 spiro atoms.